The van der Waals surface area contributed by atoms with Gasteiger partial charge in [-0.15, -0.1) is 0 Å². The van der Waals surface area contributed by atoms with Crippen LogP contribution in [0.3, 0.4) is 0 Å². The lowest BCUT2D eigenvalue weighted by molar-refractivity contribution is 0.908. The van der Waals surface area contributed by atoms with Crippen LogP contribution in [0.15, 0.2) is 9.59 Å². The van der Waals surface area contributed by atoms with Gasteiger partial charge in [-0.1, -0.05) is 20.8 Å². The fourth-order valence-electron chi connectivity index (χ4n) is 0.950. The summed E-state index contributed by atoms with van der Waals surface area (Å²) in [7, 11) is 0. The van der Waals surface area contributed by atoms with Crippen LogP contribution < -0.4 is 11.2 Å². The van der Waals surface area contributed by atoms with Crippen molar-refractivity contribution in [1.29, 1.82) is 0 Å². The lowest BCUT2D eigenvalue weighted by Crippen LogP contribution is -2.26. The van der Waals surface area contributed by atoms with Crippen molar-refractivity contribution in [3.63, 3.8) is 0 Å². The molecule has 1 aromatic heterocycles. The zero-order valence-electron chi connectivity index (χ0n) is 8.52. The molecule has 0 aliphatic heterocycles. The molecule has 0 saturated heterocycles. The Kier molecular flexibility index (Phi) is 4.80. The number of rotatable bonds is 1. The van der Waals surface area contributed by atoms with Crippen LogP contribution in [0.25, 0.3) is 0 Å². The summed E-state index contributed by atoms with van der Waals surface area (Å²) in [5.41, 5.74) is 0.564. The van der Waals surface area contributed by atoms with Gasteiger partial charge in [0, 0.05) is 11.3 Å². The first kappa shape index (κ1) is 11.7. The monoisotopic (exact) mass is 184 g/mol. The summed E-state index contributed by atoms with van der Waals surface area (Å²) in [6.07, 6.45) is 0.672. The Balaban J connectivity index is 0.000000671. The summed E-state index contributed by atoms with van der Waals surface area (Å²) in [5.74, 6) is 0. The van der Waals surface area contributed by atoms with Crippen LogP contribution in [-0.2, 0) is 6.42 Å². The van der Waals surface area contributed by atoms with Gasteiger partial charge < -0.3 is 4.98 Å². The molecule has 4 heteroatoms. The van der Waals surface area contributed by atoms with Crippen molar-refractivity contribution in [2.24, 2.45) is 0 Å². The molecule has 1 heterocycles. The average molecular weight is 184 g/mol. The van der Waals surface area contributed by atoms with Crippen LogP contribution in [0.2, 0.25) is 0 Å². The molecule has 0 aliphatic carbocycles. The normalized spacial score (nSPS) is 8.92. The first-order valence-corrected chi connectivity index (χ1v) is 4.47. The van der Waals surface area contributed by atoms with E-state index in [0.29, 0.717) is 17.7 Å². The van der Waals surface area contributed by atoms with Gasteiger partial charge >= 0.3 is 5.69 Å². The zero-order valence-corrected chi connectivity index (χ0v) is 8.52. The molecule has 0 aromatic carbocycles. The van der Waals surface area contributed by atoms with Crippen LogP contribution in [-0.4, -0.2) is 9.97 Å². The van der Waals surface area contributed by atoms with E-state index in [1.165, 1.54) is 0 Å². The van der Waals surface area contributed by atoms with E-state index >= 15 is 0 Å². The second-order valence-corrected chi connectivity index (χ2v) is 2.37. The third kappa shape index (κ3) is 2.89. The maximum atomic E-state index is 10.9. The summed E-state index contributed by atoms with van der Waals surface area (Å²) in [5, 5.41) is 0. The highest BCUT2D eigenvalue weighted by molar-refractivity contribution is 5.13. The van der Waals surface area contributed by atoms with Crippen LogP contribution in [0.5, 0.6) is 0 Å². The molecule has 1 rings (SSSR count). The fraction of sp³-hybridized carbons (Fsp3) is 0.556. The van der Waals surface area contributed by atoms with Gasteiger partial charge in [-0.05, 0) is 13.3 Å². The molecule has 74 valence electrons. The lowest BCUT2D eigenvalue weighted by Gasteiger charge is -1.98. The van der Waals surface area contributed by atoms with Crippen molar-refractivity contribution in [2.45, 2.75) is 34.1 Å². The third-order valence-corrected chi connectivity index (χ3v) is 1.64. The van der Waals surface area contributed by atoms with E-state index in [9.17, 15) is 9.59 Å². The van der Waals surface area contributed by atoms with E-state index in [0.717, 1.165) is 0 Å². The van der Waals surface area contributed by atoms with E-state index in [-0.39, 0.29) is 5.56 Å². The minimum atomic E-state index is -0.433. The highest BCUT2D eigenvalue weighted by Gasteiger charge is 2.00. The zero-order chi connectivity index (χ0) is 10.4. The van der Waals surface area contributed by atoms with E-state index in [1.807, 2.05) is 20.8 Å². The maximum absolute atomic E-state index is 10.9. The molecule has 0 amide bonds. The van der Waals surface area contributed by atoms with Crippen LogP contribution in [0.4, 0.5) is 0 Å². The van der Waals surface area contributed by atoms with Crippen LogP contribution >= 0.6 is 0 Å². The Morgan fingerprint density at radius 3 is 2.15 bits per heavy atom. The molecular formula is C9H16N2O2. The quantitative estimate of drug-likeness (QED) is 0.682. The molecule has 13 heavy (non-hydrogen) atoms. The SMILES string of the molecule is CC.CCc1[nH]c(=O)[nH]c(=O)c1C. The van der Waals surface area contributed by atoms with E-state index in [4.69, 9.17) is 0 Å². The number of nitrogens with one attached hydrogen (secondary N) is 2. The first-order valence-electron chi connectivity index (χ1n) is 4.47. The molecule has 0 saturated carbocycles. The molecule has 0 unspecified atom stereocenters. The van der Waals surface area contributed by atoms with Gasteiger partial charge in [0.25, 0.3) is 5.56 Å². The Bertz CT molecular complexity index is 363. The minimum absolute atomic E-state index is 0.300. The second-order valence-electron chi connectivity index (χ2n) is 2.37. The number of hydrogen-bond acceptors (Lipinski definition) is 2. The highest BCUT2D eigenvalue weighted by Crippen LogP contribution is 1.93. The summed E-state index contributed by atoms with van der Waals surface area (Å²) >= 11 is 0. The smallest absolute Gasteiger partial charge is 0.311 e. The van der Waals surface area contributed by atoms with Crippen molar-refractivity contribution in [1.82, 2.24) is 9.97 Å². The second kappa shape index (κ2) is 5.35. The number of aryl methyl sites for hydroxylation is 1. The van der Waals surface area contributed by atoms with E-state index in [2.05, 4.69) is 9.97 Å². The van der Waals surface area contributed by atoms with Crippen LogP contribution in [0, 0.1) is 6.92 Å². The molecule has 0 radical (unpaired) electrons. The molecule has 0 fully saturated rings. The molecule has 0 bridgehead atoms. The van der Waals surface area contributed by atoms with Gasteiger partial charge in [0.1, 0.15) is 0 Å². The fourth-order valence-corrected chi connectivity index (χ4v) is 0.950. The summed E-state index contributed by atoms with van der Waals surface area (Å²) in [6.45, 7) is 7.57. The van der Waals surface area contributed by atoms with E-state index < -0.39 is 5.69 Å². The van der Waals surface area contributed by atoms with Crippen molar-refractivity contribution in [3.05, 3.63) is 32.1 Å². The standard InChI is InChI=1S/C7H10N2O2.C2H6/c1-3-5-4(2)6(10)9-7(11)8-5;1-2/h3H2,1-2H3,(H2,8,9,10,11);1-2H3. The largest absolute Gasteiger partial charge is 0.325 e. The van der Waals surface area contributed by atoms with Crippen molar-refractivity contribution >= 4 is 0 Å². The summed E-state index contributed by atoms with van der Waals surface area (Å²) in [6, 6.07) is 0. The lowest BCUT2D eigenvalue weighted by atomic mass is 10.2. The molecule has 0 aliphatic rings. The predicted molar refractivity (Wildman–Crippen MR) is 53.1 cm³/mol. The molecule has 4 nitrogen and oxygen atoms in total. The molecule has 0 atom stereocenters. The summed E-state index contributed by atoms with van der Waals surface area (Å²) < 4.78 is 0. The minimum Gasteiger partial charge on any atom is -0.311 e. The van der Waals surface area contributed by atoms with Crippen molar-refractivity contribution in [2.75, 3.05) is 0 Å². The first-order chi connectivity index (χ1) is 6.15. The van der Waals surface area contributed by atoms with Gasteiger partial charge in [0.15, 0.2) is 0 Å². The van der Waals surface area contributed by atoms with Crippen molar-refractivity contribution < 1.29 is 0 Å². The maximum Gasteiger partial charge on any atom is 0.325 e. The Morgan fingerprint density at radius 1 is 1.15 bits per heavy atom. The van der Waals surface area contributed by atoms with Gasteiger partial charge in [0.2, 0.25) is 0 Å². The Morgan fingerprint density at radius 2 is 1.69 bits per heavy atom. The number of aromatic nitrogens is 2. The number of aromatic amines is 2. The topological polar surface area (TPSA) is 65.7 Å². The van der Waals surface area contributed by atoms with Gasteiger partial charge in [-0.2, -0.15) is 0 Å². The molecule has 1 aromatic rings. The predicted octanol–water partition coefficient (Wildman–Crippen LogP) is 0.960. The van der Waals surface area contributed by atoms with Crippen LogP contribution in [0.1, 0.15) is 32.0 Å². The summed E-state index contributed by atoms with van der Waals surface area (Å²) in [4.78, 5) is 26.4. The van der Waals surface area contributed by atoms with E-state index in [1.54, 1.807) is 6.92 Å². The Hall–Kier alpha value is -1.32. The van der Waals surface area contributed by atoms with Gasteiger partial charge in [-0.3, -0.25) is 9.78 Å². The van der Waals surface area contributed by atoms with Gasteiger partial charge in [0.05, 0.1) is 0 Å². The Labute approximate surface area is 77.0 Å². The molecule has 2 N–H and O–H groups in total. The third-order valence-electron chi connectivity index (χ3n) is 1.64. The number of H-pyrrole nitrogens is 2. The van der Waals surface area contributed by atoms with Gasteiger partial charge in [-0.25, -0.2) is 4.79 Å². The average Bonchev–Trinajstić information content (AvgIpc) is 2.14. The highest BCUT2D eigenvalue weighted by atomic mass is 16.2. The molecular weight excluding hydrogens is 168 g/mol. The van der Waals surface area contributed by atoms with Crippen molar-refractivity contribution in [3.8, 4) is 0 Å². The molecule has 0 spiro atoms. The number of hydrogen-bond donors (Lipinski definition) is 2.